The molecule has 2 fully saturated rings. The van der Waals surface area contributed by atoms with E-state index >= 15 is 0 Å². The van der Waals surface area contributed by atoms with Gasteiger partial charge in [0.15, 0.2) is 0 Å². The standard InChI is InChI=1S/C17H24N4O2/c1-20-11-12(10-15(20)22)16-13-4-2-3-5-14(13)18-17(19-16)21-6-8-23-9-7-21/h12H,2-11H2,1H3. The zero-order chi connectivity index (χ0) is 15.8. The molecule has 1 aromatic heterocycles. The van der Waals surface area contributed by atoms with Gasteiger partial charge in [0.25, 0.3) is 0 Å². The number of anilines is 1. The zero-order valence-electron chi connectivity index (χ0n) is 13.8. The lowest BCUT2D eigenvalue weighted by molar-refractivity contribution is -0.126. The van der Waals surface area contributed by atoms with Crippen molar-refractivity contribution in [1.82, 2.24) is 14.9 Å². The van der Waals surface area contributed by atoms with E-state index in [4.69, 9.17) is 14.7 Å². The van der Waals surface area contributed by atoms with E-state index in [2.05, 4.69) is 4.90 Å². The summed E-state index contributed by atoms with van der Waals surface area (Å²) in [6, 6.07) is 0. The van der Waals surface area contributed by atoms with Crippen LogP contribution in [0.2, 0.25) is 0 Å². The van der Waals surface area contributed by atoms with Crippen LogP contribution in [0, 0.1) is 0 Å². The largest absolute Gasteiger partial charge is 0.378 e. The van der Waals surface area contributed by atoms with E-state index in [0.29, 0.717) is 6.42 Å². The number of aryl methyl sites for hydroxylation is 1. The molecule has 0 spiro atoms. The average molecular weight is 316 g/mol. The number of carbonyl (C=O) groups is 1. The normalized spacial score (nSPS) is 24.9. The maximum atomic E-state index is 12.0. The van der Waals surface area contributed by atoms with Crippen molar-refractivity contribution < 1.29 is 9.53 Å². The first kappa shape index (κ1) is 14.9. The monoisotopic (exact) mass is 316 g/mol. The molecule has 6 heteroatoms. The second-order valence-corrected chi connectivity index (χ2v) is 6.82. The third-order valence-corrected chi connectivity index (χ3v) is 5.22. The summed E-state index contributed by atoms with van der Waals surface area (Å²) in [5.74, 6) is 1.29. The van der Waals surface area contributed by atoms with Crippen LogP contribution in [0.3, 0.4) is 0 Å². The number of nitrogens with zero attached hydrogens (tertiary/aromatic N) is 4. The molecule has 124 valence electrons. The predicted molar refractivity (Wildman–Crippen MR) is 86.7 cm³/mol. The topological polar surface area (TPSA) is 58.6 Å². The molecule has 3 heterocycles. The molecule has 3 aliphatic rings. The number of morpholine rings is 1. The fraction of sp³-hybridized carbons (Fsp3) is 0.706. The average Bonchev–Trinajstić information content (AvgIpc) is 2.93. The highest BCUT2D eigenvalue weighted by atomic mass is 16.5. The molecule has 0 radical (unpaired) electrons. The molecule has 1 unspecified atom stereocenters. The first-order valence-electron chi connectivity index (χ1n) is 8.68. The summed E-state index contributed by atoms with van der Waals surface area (Å²) >= 11 is 0. The van der Waals surface area contributed by atoms with E-state index in [1.54, 1.807) is 0 Å². The summed E-state index contributed by atoms with van der Waals surface area (Å²) in [6.07, 6.45) is 5.09. The SMILES string of the molecule is CN1CC(c2nc(N3CCOCC3)nc3c2CCCC3)CC1=O. The predicted octanol–water partition coefficient (Wildman–Crippen LogP) is 1.14. The molecule has 6 nitrogen and oxygen atoms in total. The van der Waals surface area contributed by atoms with E-state index < -0.39 is 0 Å². The second-order valence-electron chi connectivity index (χ2n) is 6.82. The number of fused-ring (bicyclic) bond motifs is 1. The van der Waals surface area contributed by atoms with Gasteiger partial charge in [-0.25, -0.2) is 9.97 Å². The molecule has 1 aliphatic carbocycles. The number of likely N-dealkylation sites (tertiary alicyclic amines) is 1. The van der Waals surface area contributed by atoms with Crippen molar-refractivity contribution in [2.45, 2.75) is 38.0 Å². The lowest BCUT2D eigenvalue weighted by Crippen LogP contribution is -2.38. The van der Waals surface area contributed by atoms with Crippen LogP contribution in [0.15, 0.2) is 0 Å². The van der Waals surface area contributed by atoms with Gasteiger partial charge in [-0.15, -0.1) is 0 Å². The molecular weight excluding hydrogens is 292 g/mol. The van der Waals surface area contributed by atoms with E-state index in [1.807, 2.05) is 11.9 Å². The number of rotatable bonds is 2. The number of likely N-dealkylation sites (N-methyl/N-ethyl adjacent to an activating group) is 1. The van der Waals surface area contributed by atoms with E-state index in [-0.39, 0.29) is 11.8 Å². The van der Waals surface area contributed by atoms with E-state index in [0.717, 1.165) is 57.3 Å². The third kappa shape index (κ3) is 2.80. The Bertz CT molecular complexity index is 613. The number of ether oxygens (including phenoxy) is 1. The first-order chi connectivity index (χ1) is 11.2. The van der Waals surface area contributed by atoms with Gasteiger partial charge in [0.1, 0.15) is 0 Å². The van der Waals surface area contributed by atoms with Crippen LogP contribution in [0.25, 0.3) is 0 Å². The van der Waals surface area contributed by atoms with Gasteiger partial charge in [0, 0.05) is 44.7 Å². The van der Waals surface area contributed by atoms with E-state index in [9.17, 15) is 4.79 Å². The molecule has 2 saturated heterocycles. The minimum absolute atomic E-state index is 0.224. The number of aromatic nitrogens is 2. The Morgan fingerprint density at radius 1 is 1.13 bits per heavy atom. The maximum absolute atomic E-state index is 12.0. The molecule has 23 heavy (non-hydrogen) atoms. The van der Waals surface area contributed by atoms with Crippen LogP contribution in [0.5, 0.6) is 0 Å². The first-order valence-corrected chi connectivity index (χ1v) is 8.68. The lowest BCUT2D eigenvalue weighted by atomic mass is 9.89. The zero-order valence-corrected chi connectivity index (χ0v) is 13.8. The third-order valence-electron chi connectivity index (χ3n) is 5.22. The Kier molecular flexibility index (Phi) is 3.93. The quantitative estimate of drug-likeness (QED) is 0.819. The molecule has 1 aromatic rings. The second kappa shape index (κ2) is 6.07. The minimum Gasteiger partial charge on any atom is -0.378 e. The van der Waals surface area contributed by atoms with Gasteiger partial charge in [0.2, 0.25) is 11.9 Å². The maximum Gasteiger partial charge on any atom is 0.225 e. The molecule has 0 bridgehead atoms. The number of hydrogen-bond acceptors (Lipinski definition) is 5. The highest BCUT2D eigenvalue weighted by Crippen LogP contribution is 2.34. The fourth-order valence-corrected chi connectivity index (χ4v) is 3.90. The van der Waals surface area contributed by atoms with Crippen molar-refractivity contribution in [2.75, 3.05) is 44.8 Å². The van der Waals surface area contributed by atoms with Crippen molar-refractivity contribution >= 4 is 11.9 Å². The lowest BCUT2D eigenvalue weighted by Gasteiger charge is -2.29. The van der Waals surface area contributed by atoms with Gasteiger partial charge in [-0.1, -0.05) is 0 Å². The van der Waals surface area contributed by atoms with Crippen LogP contribution in [0.4, 0.5) is 5.95 Å². The Morgan fingerprint density at radius 2 is 1.91 bits per heavy atom. The number of hydrogen-bond donors (Lipinski definition) is 0. The summed E-state index contributed by atoms with van der Waals surface area (Å²) in [5, 5.41) is 0. The Labute approximate surface area is 136 Å². The Balaban J connectivity index is 1.72. The van der Waals surface area contributed by atoms with Gasteiger partial charge < -0.3 is 14.5 Å². The van der Waals surface area contributed by atoms with Crippen LogP contribution in [-0.2, 0) is 22.4 Å². The minimum atomic E-state index is 0.224. The summed E-state index contributed by atoms with van der Waals surface area (Å²) in [6.45, 7) is 3.95. The van der Waals surface area contributed by atoms with Gasteiger partial charge in [0.05, 0.1) is 18.9 Å². The van der Waals surface area contributed by atoms with Crippen molar-refractivity contribution in [3.05, 3.63) is 17.0 Å². The van der Waals surface area contributed by atoms with Crippen LogP contribution >= 0.6 is 0 Å². The summed E-state index contributed by atoms with van der Waals surface area (Å²) in [4.78, 5) is 25.8. The van der Waals surface area contributed by atoms with Gasteiger partial charge >= 0.3 is 0 Å². The Morgan fingerprint density at radius 3 is 2.65 bits per heavy atom. The van der Waals surface area contributed by atoms with Crippen molar-refractivity contribution in [1.29, 1.82) is 0 Å². The van der Waals surface area contributed by atoms with Gasteiger partial charge in [-0.2, -0.15) is 0 Å². The molecule has 4 rings (SSSR count). The molecule has 0 saturated carbocycles. The smallest absolute Gasteiger partial charge is 0.225 e. The molecule has 0 N–H and O–H groups in total. The van der Waals surface area contributed by atoms with Crippen molar-refractivity contribution in [2.24, 2.45) is 0 Å². The Hall–Kier alpha value is -1.69. The molecule has 1 atom stereocenters. The highest BCUT2D eigenvalue weighted by molar-refractivity contribution is 5.79. The van der Waals surface area contributed by atoms with Gasteiger partial charge in [-0.05, 0) is 31.2 Å². The summed E-state index contributed by atoms with van der Waals surface area (Å²) < 4.78 is 5.44. The van der Waals surface area contributed by atoms with Crippen LogP contribution in [-0.4, -0.2) is 60.7 Å². The fourth-order valence-electron chi connectivity index (χ4n) is 3.90. The van der Waals surface area contributed by atoms with Crippen LogP contribution < -0.4 is 4.90 Å². The van der Waals surface area contributed by atoms with Gasteiger partial charge in [-0.3, -0.25) is 4.79 Å². The number of carbonyl (C=O) groups excluding carboxylic acids is 1. The van der Waals surface area contributed by atoms with Crippen molar-refractivity contribution in [3.63, 3.8) is 0 Å². The molecular formula is C17H24N4O2. The van der Waals surface area contributed by atoms with Crippen molar-refractivity contribution in [3.8, 4) is 0 Å². The molecule has 0 aromatic carbocycles. The highest BCUT2D eigenvalue weighted by Gasteiger charge is 2.33. The molecule has 2 aliphatic heterocycles. The number of amides is 1. The molecule has 1 amide bonds. The summed E-state index contributed by atoms with van der Waals surface area (Å²) in [7, 11) is 1.89. The van der Waals surface area contributed by atoms with E-state index in [1.165, 1.54) is 24.1 Å². The summed E-state index contributed by atoms with van der Waals surface area (Å²) in [5.41, 5.74) is 3.67. The van der Waals surface area contributed by atoms with Crippen LogP contribution in [0.1, 0.15) is 42.1 Å².